The molecule has 0 radical (unpaired) electrons. The zero-order valence-electron chi connectivity index (χ0n) is 21.2. The van der Waals surface area contributed by atoms with Crippen molar-refractivity contribution < 1.29 is 19.8 Å². The predicted molar refractivity (Wildman–Crippen MR) is 151 cm³/mol. The monoisotopic (exact) mass is 640 g/mol. The number of hydrogen-bond donors (Lipinski definition) is 2. The van der Waals surface area contributed by atoms with Crippen molar-refractivity contribution >= 4 is 43.8 Å². The third-order valence-corrected chi connectivity index (χ3v) is 6.81. The van der Waals surface area contributed by atoms with Crippen LogP contribution in [-0.2, 0) is 10.8 Å². The van der Waals surface area contributed by atoms with E-state index in [1.54, 1.807) is 24.3 Å². The standard InChI is InChI=1S/C15H14N2O4.C13H12Br2N2/c1-15(2,11-7-3-5-9(16-11)13(18)19)12-8-4-6-10(17-12)14(20)21;1-13(2,9-5-3-7-11(14)16-9)10-6-4-8-12(15)17-10/h3-8H,1-2H3,(H,18,19)(H,20,21);3-8H,1-2H3. The molecule has 0 fully saturated rings. The molecule has 10 heteroatoms. The van der Waals surface area contributed by atoms with Crippen molar-refractivity contribution in [3.8, 4) is 0 Å². The molecular formula is C28H26Br2N4O4. The Morgan fingerprint density at radius 1 is 0.553 bits per heavy atom. The minimum Gasteiger partial charge on any atom is -0.477 e. The third-order valence-electron chi connectivity index (χ3n) is 5.93. The first-order valence-corrected chi connectivity index (χ1v) is 13.1. The maximum absolute atomic E-state index is 11.0. The number of rotatable bonds is 6. The van der Waals surface area contributed by atoms with Gasteiger partial charge >= 0.3 is 11.9 Å². The molecule has 4 rings (SSSR count). The highest BCUT2D eigenvalue weighted by Crippen LogP contribution is 2.30. The first kappa shape index (κ1) is 29.1. The average Bonchev–Trinajstić information content (AvgIpc) is 2.89. The summed E-state index contributed by atoms with van der Waals surface area (Å²) in [4.78, 5) is 39.2. The number of halogens is 2. The molecule has 4 aromatic rings. The van der Waals surface area contributed by atoms with Crippen molar-refractivity contribution in [2.75, 3.05) is 0 Å². The van der Waals surface area contributed by atoms with Crippen LogP contribution in [0.5, 0.6) is 0 Å². The van der Waals surface area contributed by atoms with Crippen LogP contribution in [0.4, 0.5) is 0 Å². The van der Waals surface area contributed by atoms with Crippen LogP contribution in [0.2, 0.25) is 0 Å². The highest BCUT2D eigenvalue weighted by molar-refractivity contribution is 9.10. The van der Waals surface area contributed by atoms with E-state index in [-0.39, 0.29) is 16.8 Å². The Bertz CT molecular complexity index is 1370. The summed E-state index contributed by atoms with van der Waals surface area (Å²) in [5.41, 5.74) is 1.97. The number of carboxylic acid groups (broad SMARTS) is 2. The van der Waals surface area contributed by atoms with Crippen LogP contribution in [0.15, 0.2) is 82.0 Å². The number of carbonyl (C=O) groups is 2. The SMILES string of the molecule is CC(C)(c1cccc(Br)n1)c1cccc(Br)n1.CC(C)(c1cccc(C(=O)O)n1)c1cccc(C(=O)O)n1. The Morgan fingerprint density at radius 3 is 1.13 bits per heavy atom. The third kappa shape index (κ3) is 6.87. The minimum atomic E-state index is -1.11. The Kier molecular flexibility index (Phi) is 9.11. The molecule has 0 aliphatic heterocycles. The fourth-order valence-corrected chi connectivity index (χ4v) is 4.27. The fourth-order valence-electron chi connectivity index (χ4n) is 3.58. The van der Waals surface area contributed by atoms with E-state index in [2.05, 4.69) is 65.6 Å². The van der Waals surface area contributed by atoms with Gasteiger partial charge in [0.1, 0.15) is 20.6 Å². The maximum Gasteiger partial charge on any atom is 0.354 e. The predicted octanol–water partition coefficient (Wildman–Crippen LogP) is 6.53. The van der Waals surface area contributed by atoms with E-state index in [1.807, 2.05) is 50.2 Å². The van der Waals surface area contributed by atoms with E-state index >= 15 is 0 Å². The molecular weight excluding hydrogens is 616 g/mol. The number of nitrogens with zero attached hydrogens (tertiary/aromatic N) is 4. The second-order valence-corrected chi connectivity index (χ2v) is 11.0. The Balaban J connectivity index is 0.000000215. The Morgan fingerprint density at radius 2 is 0.842 bits per heavy atom. The number of hydrogen-bond acceptors (Lipinski definition) is 6. The topological polar surface area (TPSA) is 126 Å². The molecule has 0 saturated carbocycles. The second kappa shape index (κ2) is 11.9. The summed E-state index contributed by atoms with van der Waals surface area (Å²) in [5.74, 6) is -2.22. The van der Waals surface area contributed by atoms with Gasteiger partial charge in [-0.05, 0) is 108 Å². The first-order valence-electron chi connectivity index (χ1n) is 11.5. The molecule has 0 atom stereocenters. The molecule has 0 bridgehead atoms. The number of pyridine rings is 4. The Labute approximate surface area is 237 Å². The van der Waals surface area contributed by atoms with E-state index in [0.29, 0.717) is 11.4 Å². The smallest absolute Gasteiger partial charge is 0.354 e. The molecule has 2 N–H and O–H groups in total. The van der Waals surface area contributed by atoms with Crippen LogP contribution < -0.4 is 0 Å². The second-order valence-electron chi connectivity index (χ2n) is 9.37. The van der Waals surface area contributed by atoms with Crippen molar-refractivity contribution in [1.82, 2.24) is 19.9 Å². The summed E-state index contributed by atoms with van der Waals surface area (Å²) in [7, 11) is 0. The summed E-state index contributed by atoms with van der Waals surface area (Å²) in [6.07, 6.45) is 0. The summed E-state index contributed by atoms with van der Waals surface area (Å²) in [5, 5.41) is 18.0. The van der Waals surface area contributed by atoms with Crippen molar-refractivity contribution in [2.24, 2.45) is 0 Å². The van der Waals surface area contributed by atoms with E-state index in [4.69, 9.17) is 10.2 Å². The lowest BCUT2D eigenvalue weighted by Crippen LogP contribution is -2.24. The Hall–Kier alpha value is -3.50. The molecule has 196 valence electrons. The maximum atomic E-state index is 11.0. The highest BCUT2D eigenvalue weighted by atomic mass is 79.9. The molecule has 0 saturated heterocycles. The van der Waals surface area contributed by atoms with Gasteiger partial charge < -0.3 is 10.2 Å². The van der Waals surface area contributed by atoms with Crippen LogP contribution >= 0.6 is 31.9 Å². The lowest BCUT2D eigenvalue weighted by molar-refractivity contribution is 0.0680. The largest absolute Gasteiger partial charge is 0.477 e. The average molecular weight is 642 g/mol. The first-order chi connectivity index (χ1) is 17.8. The quantitative estimate of drug-likeness (QED) is 0.228. The molecule has 4 aromatic heterocycles. The van der Waals surface area contributed by atoms with Gasteiger partial charge in [-0.1, -0.05) is 24.3 Å². The molecule has 4 heterocycles. The zero-order valence-corrected chi connectivity index (χ0v) is 24.4. The van der Waals surface area contributed by atoms with Crippen LogP contribution in [-0.4, -0.2) is 42.1 Å². The van der Waals surface area contributed by atoms with Gasteiger partial charge in [-0.15, -0.1) is 0 Å². The van der Waals surface area contributed by atoms with Crippen LogP contribution in [0.25, 0.3) is 0 Å². The molecule has 0 spiro atoms. The van der Waals surface area contributed by atoms with E-state index in [0.717, 1.165) is 20.6 Å². The van der Waals surface area contributed by atoms with Crippen LogP contribution in [0.1, 0.15) is 71.4 Å². The molecule has 0 aromatic carbocycles. The van der Waals surface area contributed by atoms with Crippen LogP contribution in [0.3, 0.4) is 0 Å². The van der Waals surface area contributed by atoms with E-state index in [9.17, 15) is 9.59 Å². The normalized spacial score (nSPS) is 11.3. The van der Waals surface area contributed by atoms with Gasteiger partial charge in [0.2, 0.25) is 0 Å². The molecule has 0 unspecified atom stereocenters. The molecule has 38 heavy (non-hydrogen) atoms. The van der Waals surface area contributed by atoms with E-state index < -0.39 is 17.4 Å². The summed E-state index contributed by atoms with van der Waals surface area (Å²) >= 11 is 6.80. The lowest BCUT2D eigenvalue weighted by Gasteiger charge is -2.24. The minimum absolute atomic E-state index is 0.0602. The van der Waals surface area contributed by atoms with Gasteiger partial charge in [-0.25, -0.2) is 29.5 Å². The van der Waals surface area contributed by atoms with Crippen molar-refractivity contribution in [3.05, 3.63) is 116 Å². The fraction of sp³-hybridized carbons (Fsp3) is 0.214. The number of aromatic nitrogens is 4. The number of aromatic carboxylic acids is 2. The van der Waals surface area contributed by atoms with Crippen molar-refractivity contribution in [1.29, 1.82) is 0 Å². The van der Waals surface area contributed by atoms with Gasteiger partial charge in [0.05, 0.1) is 22.8 Å². The van der Waals surface area contributed by atoms with Crippen molar-refractivity contribution in [3.63, 3.8) is 0 Å². The molecule has 8 nitrogen and oxygen atoms in total. The highest BCUT2D eigenvalue weighted by Gasteiger charge is 2.28. The molecule has 0 aliphatic carbocycles. The number of carboxylic acids is 2. The van der Waals surface area contributed by atoms with E-state index in [1.165, 1.54) is 12.1 Å². The van der Waals surface area contributed by atoms with Gasteiger partial charge in [0.15, 0.2) is 0 Å². The summed E-state index contributed by atoms with van der Waals surface area (Å²) < 4.78 is 1.69. The van der Waals surface area contributed by atoms with Crippen molar-refractivity contribution in [2.45, 2.75) is 38.5 Å². The summed E-state index contributed by atoms with van der Waals surface area (Å²) in [6, 6.07) is 21.3. The van der Waals surface area contributed by atoms with Crippen LogP contribution in [0, 0.1) is 0 Å². The van der Waals surface area contributed by atoms with Gasteiger partial charge in [-0.3, -0.25) is 0 Å². The summed E-state index contributed by atoms with van der Waals surface area (Å²) in [6.45, 7) is 7.87. The molecule has 0 aliphatic rings. The zero-order chi connectivity index (χ0) is 28.1. The van der Waals surface area contributed by atoms with Gasteiger partial charge in [-0.2, -0.15) is 0 Å². The van der Waals surface area contributed by atoms with Gasteiger partial charge in [0, 0.05) is 10.8 Å². The molecule has 0 amide bonds. The van der Waals surface area contributed by atoms with Gasteiger partial charge in [0.25, 0.3) is 0 Å². The lowest BCUT2D eigenvalue weighted by atomic mass is 9.84.